The minimum Gasteiger partial charge on any atom is -0.457 e. The molecule has 0 fully saturated rings. The number of benzene rings is 2. The fourth-order valence-electron chi connectivity index (χ4n) is 3.22. The molecule has 84 valence electrons. The Morgan fingerprint density at radius 3 is 2.82 bits per heavy atom. The Morgan fingerprint density at radius 1 is 0.941 bits per heavy atom. The third-order valence-electron chi connectivity index (χ3n) is 3.96. The van der Waals surface area contributed by atoms with Gasteiger partial charge in [-0.05, 0) is 37.0 Å². The van der Waals surface area contributed by atoms with Crippen molar-refractivity contribution in [3.8, 4) is 11.5 Å². The van der Waals surface area contributed by atoms with Gasteiger partial charge in [0.15, 0.2) is 0 Å². The number of para-hydroxylation sites is 1. The molecule has 1 aliphatic heterocycles. The average molecular weight is 222 g/mol. The van der Waals surface area contributed by atoms with Crippen molar-refractivity contribution in [3.63, 3.8) is 0 Å². The van der Waals surface area contributed by atoms with E-state index in [4.69, 9.17) is 4.74 Å². The molecule has 0 N–H and O–H groups in total. The molecule has 1 heterocycles. The van der Waals surface area contributed by atoms with Crippen molar-refractivity contribution < 1.29 is 4.74 Å². The normalized spacial score (nSPS) is 20.1. The Hall–Kier alpha value is -1.76. The molecule has 0 radical (unpaired) electrons. The molecular formula is C16H14O. The first kappa shape index (κ1) is 9.29. The van der Waals surface area contributed by atoms with Crippen LogP contribution in [0.25, 0.3) is 0 Å². The molecule has 4 rings (SSSR count). The van der Waals surface area contributed by atoms with Crippen molar-refractivity contribution in [2.75, 3.05) is 0 Å². The molecule has 0 spiro atoms. The van der Waals surface area contributed by atoms with Gasteiger partial charge >= 0.3 is 0 Å². The van der Waals surface area contributed by atoms with Gasteiger partial charge in [0.25, 0.3) is 0 Å². The maximum Gasteiger partial charge on any atom is 0.131 e. The highest BCUT2D eigenvalue weighted by molar-refractivity contribution is 5.57. The first-order valence-electron chi connectivity index (χ1n) is 6.32. The van der Waals surface area contributed by atoms with Crippen LogP contribution in [0.1, 0.15) is 35.4 Å². The van der Waals surface area contributed by atoms with Crippen molar-refractivity contribution in [1.29, 1.82) is 0 Å². The fraction of sp³-hybridized carbons (Fsp3) is 0.250. The van der Waals surface area contributed by atoms with E-state index in [-0.39, 0.29) is 0 Å². The van der Waals surface area contributed by atoms with Gasteiger partial charge < -0.3 is 4.74 Å². The second-order valence-electron chi connectivity index (χ2n) is 4.91. The van der Waals surface area contributed by atoms with Crippen LogP contribution in [0.15, 0.2) is 42.5 Å². The second kappa shape index (κ2) is 3.36. The van der Waals surface area contributed by atoms with Gasteiger partial charge in [-0.3, -0.25) is 0 Å². The quantitative estimate of drug-likeness (QED) is 0.647. The molecule has 1 aliphatic carbocycles. The molecule has 0 bridgehead atoms. The Balaban J connectivity index is 1.99. The summed E-state index contributed by atoms with van der Waals surface area (Å²) in [5, 5.41) is 0. The van der Waals surface area contributed by atoms with Crippen molar-refractivity contribution in [2.24, 2.45) is 0 Å². The van der Waals surface area contributed by atoms with Crippen molar-refractivity contribution in [3.05, 3.63) is 59.2 Å². The van der Waals surface area contributed by atoms with Gasteiger partial charge in [0.1, 0.15) is 11.5 Å². The van der Waals surface area contributed by atoms with E-state index in [1.54, 1.807) is 0 Å². The van der Waals surface area contributed by atoms with Gasteiger partial charge in [-0.25, -0.2) is 0 Å². The molecule has 0 saturated heterocycles. The largest absolute Gasteiger partial charge is 0.457 e. The number of ether oxygens (including phenoxy) is 1. The lowest BCUT2D eigenvalue weighted by Crippen LogP contribution is -2.16. The maximum absolute atomic E-state index is 6.02. The zero-order chi connectivity index (χ0) is 11.2. The fourth-order valence-corrected chi connectivity index (χ4v) is 3.22. The standard InChI is InChI=1S/C16H14O/c1-2-9-14-12(7-1)13-8-3-5-11-6-4-10-15(17-14)16(11)13/h1-2,4,6-7,9-10,13H,3,5,8H2. The van der Waals surface area contributed by atoms with E-state index < -0.39 is 0 Å². The van der Waals surface area contributed by atoms with E-state index in [9.17, 15) is 0 Å². The summed E-state index contributed by atoms with van der Waals surface area (Å²) < 4.78 is 6.02. The number of rotatable bonds is 0. The summed E-state index contributed by atoms with van der Waals surface area (Å²) in [7, 11) is 0. The van der Waals surface area contributed by atoms with Crippen LogP contribution < -0.4 is 4.74 Å². The summed E-state index contributed by atoms with van der Waals surface area (Å²) in [6.07, 6.45) is 3.74. The van der Waals surface area contributed by atoms with Crippen LogP contribution >= 0.6 is 0 Å². The van der Waals surface area contributed by atoms with Gasteiger partial charge in [0.05, 0.1) is 0 Å². The first-order chi connectivity index (χ1) is 8.43. The molecule has 0 amide bonds. The summed E-state index contributed by atoms with van der Waals surface area (Å²) in [4.78, 5) is 0. The highest BCUT2D eigenvalue weighted by Gasteiger charge is 2.31. The van der Waals surface area contributed by atoms with Gasteiger partial charge in [-0.2, -0.15) is 0 Å². The molecular weight excluding hydrogens is 208 g/mol. The van der Waals surface area contributed by atoms with Crippen LogP contribution in [-0.4, -0.2) is 0 Å². The number of fused-ring (bicyclic) bond motifs is 2. The molecule has 2 aromatic carbocycles. The molecule has 1 unspecified atom stereocenters. The van der Waals surface area contributed by atoms with Crippen LogP contribution in [0.5, 0.6) is 11.5 Å². The van der Waals surface area contributed by atoms with Crippen LogP contribution in [0.2, 0.25) is 0 Å². The van der Waals surface area contributed by atoms with Crippen LogP contribution in [0.4, 0.5) is 0 Å². The number of hydrogen-bond acceptors (Lipinski definition) is 1. The van der Waals surface area contributed by atoms with Crippen molar-refractivity contribution in [2.45, 2.75) is 25.2 Å². The van der Waals surface area contributed by atoms with E-state index in [0.29, 0.717) is 5.92 Å². The van der Waals surface area contributed by atoms with Gasteiger partial charge in [0, 0.05) is 17.0 Å². The highest BCUT2D eigenvalue weighted by Crippen LogP contribution is 2.49. The third-order valence-corrected chi connectivity index (χ3v) is 3.96. The average Bonchev–Trinajstić information content (AvgIpc) is 2.39. The Morgan fingerprint density at radius 2 is 1.82 bits per heavy atom. The first-order valence-corrected chi connectivity index (χ1v) is 6.32. The highest BCUT2D eigenvalue weighted by atomic mass is 16.5. The van der Waals surface area contributed by atoms with E-state index in [1.807, 2.05) is 0 Å². The minimum absolute atomic E-state index is 0.555. The summed E-state index contributed by atoms with van der Waals surface area (Å²) in [6, 6.07) is 14.9. The van der Waals surface area contributed by atoms with Crippen LogP contribution in [0, 0.1) is 0 Å². The topological polar surface area (TPSA) is 9.23 Å². The van der Waals surface area contributed by atoms with Crippen molar-refractivity contribution >= 4 is 0 Å². The van der Waals surface area contributed by atoms with E-state index >= 15 is 0 Å². The zero-order valence-electron chi connectivity index (χ0n) is 9.65. The monoisotopic (exact) mass is 222 g/mol. The maximum atomic E-state index is 6.02. The zero-order valence-corrected chi connectivity index (χ0v) is 9.65. The lowest BCUT2D eigenvalue weighted by molar-refractivity contribution is 0.428. The summed E-state index contributed by atoms with van der Waals surface area (Å²) in [6.45, 7) is 0. The van der Waals surface area contributed by atoms with E-state index in [0.717, 1.165) is 11.5 Å². The lowest BCUT2D eigenvalue weighted by Gasteiger charge is -2.33. The molecule has 1 atom stereocenters. The SMILES string of the molecule is c1ccc2c(c1)Oc1cccc3c1C2CCC3. The van der Waals surface area contributed by atoms with Gasteiger partial charge in [-0.15, -0.1) is 0 Å². The Bertz CT molecular complexity index is 586. The minimum atomic E-state index is 0.555. The predicted molar refractivity (Wildman–Crippen MR) is 67.7 cm³/mol. The molecule has 1 nitrogen and oxygen atoms in total. The number of hydrogen-bond donors (Lipinski definition) is 0. The molecule has 2 aromatic rings. The second-order valence-corrected chi connectivity index (χ2v) is 4.91. The number of aryl methyl sites for hydroxylation is 1. The van der Waals surface area contributed by atoms with Crippen molar-refractivity contribution in [1.82, 2.24) is 0 Å². The Kier molecular flexibility index (Phi) is 1.84. The smallest absolute Gasteiger partial charge is 0.131 e. The van der Waals surface area contributed by atoms with E-state index in [2.05, 4.69) is 42.5 Å². The third kappa shape index (κ3) is 1.25. The summed E-state index contributed by atoms with van der Waals surface area (Å²) >= 11 is 0. The molecule has 17 heavy (non-hydrogen) atoms. The predicted octanol–water partition coefficient (Wildman–Crippen LogP) is 4.26. The van der Waals surface area contributed by atoms with Gasteiger partial charge in [-0.1, -0.05) is 30.3 Å². The summed E-state index contributed by atoms with van der Waals surface area (Å²) in [5.41, 5.74) is 4.29. The van der Waals surface area contributed by atoms with Crippen LogP contribution in [0.3, 0.4) is 0 Å². The molecule has 0 saturated carbocycles. The van der Waals surface area contributed by atoms with Gasteiger partial charge in [0.2, 0.25) is 0 Å². The molecule has 2 aliphatic rings. The van der Waals surface area contributed by atoms with E-state index in [1.165, 1.54) is 36.0 Å². The molecule has 1 heteroatoms. The lowest BCUT2D eigenvalue weighted by atomic mass is 9.77. The van der Waals surface area contributed by atoms with Crippen LogP contribution in [-0.2, 0) is 6.42 Å². The molecule has 0 aromatic heterocycles. The summed E-state index contributed by atoms with van der Waals surface area (Å²) in [5.74, 6) is 2.68. The Labute approximate surface area is 101 Å².